The largest absolute Gasteiger partial charge is 0.302 e. The van der Waals surface area contributed by atoms with Crippen LogP contribution in [0, 0.1) is 17.0 Å². The maximum Gasteiger partial charge on any atom is 0.131 e. The summed E-state index contributed by atoms with van der Waals surface area (Å²) < 4.78 is 27.7. The van der Waals surface area contributed by atoms with Gasteiger partial charge in [0.15, 0.2) is 0 Å². The molecule has 1 aromatic carbocycles. The molecule has 1 aromatic heterocycles. The van der Waals surface area contributed by atoms with E-state index in [9.17, 15) is 8.78 Å². The summed E-state index contributed by atoms with van der Waals surface area (Å²) in [4.78, 5) is 2.46. The number of rotatable bonds is 3. The smallest absolute Gasteiger partial charge is 0.131 e. The minimum absolute atomic E-state index is 0.243. The van der Waals surface area contributed by atoms with Crippen LogP contribution in [0.15, 0.2) is 24.4 Å². The van der Waals surface area contributed by atoms with E-state index in [2.05, 4.69) is 35.9 Å². The zero-order valence-electron chi connectivity index (χ0n) is 14.6. The number of aromatic nitrogens is 2. The fourth-order valence-corrected chi connectivity index (χ4v) is 3.63. The normalized spacial score (nSPS) is 19.6. The highest BCUT2D eigenvalue weighted by atomic mass is 19.1. The van der Waals surface area contributed by atoms with Crippen molar-refractivity contribution in [3.8, 4) is 11.1 Å². The van der Waals surface area contributed by atoms with Crippen LogP contribution in [-0.2, 0) is 0 Å². The molecule has 0 bridgehead atoms. The van der Waals surface area contributed by atoms with Crippen molar-refractivity contribution in [3.63, 3.8) is 0 Å². The highest BCUT2D eigenvalue weighted by Crippen LogP contribution is 2.35. The molecule has 3 rings (SSSR count). The van der Waals surface area contributed by atoms with Crippen molar-refractivity contribution in [3.05, 3.63) is 41.7 Å². The molecule has 2 heterocycles. The first-order chi connectivity index (χ1) is 11.3. The fraction of sp³-hybridized carbons (Fsp3) is 0.526. The molecule has 1 aliphatic rings. The van der Waals surface area contributed by atoms with Crippen LogP contribution in [0.2, 0.25) is 0 Å². The number of aromatic amines is 1. The molecule has 0 saturated carbocycles. The lowest BCUT2D eigenvalue weighted by molar-refractivity contribution is 0.150. The molecule has 0 spiro atoms. The van der Waals surface area contributed by atoms with Gasteiger partial charge in [-0.1, -0.05) is 20.8 Å². The first-order valence-electron chi connectivity index (χ1n) is 8.54. The van der Waals surface area contributed by atoms with Crippen LogP contribution in [0.4, 0.5) is 8.78 Å². The molecule has 130 valence electrons. The third-order valence-corrected chi connectivity index (χ3v) is 4.50. The molecule has 1 fully saturated rings. The molecule has 0 radical (unpaired) electrons. The highest BCUT2D eigenvalue weighted by molar-refractivity contribution is 5.66. The van der Waals surface area contributed by atoms with E-state index in [0.29, 0.717) is 5.56 Å². The van der Waals surface area contributed by atoms with Crippen molar-refractivity contribution < 1.29 is 8.78 Å². The summed E-state index contributed by atoms with van der Waals surface area (Å²) in [6, 6.07) is 3.57. The summed E-state index contributed by atoms with van der Waals surface area (Å²) in [5.41, 5.74) is 2.12. The standard InChI is InChI=1S/C19H25F2N3/c1-19(2,3)12-24-8-4-5-13(11-24)18-16(10-22-23-18)15-9-14(20)6-7-17(15)21/h6-7,9-10,13H,4-5,8,11-12H2,1-3H3,(H,22,23)/t13-/m0/s1. The van der Waals surface area contributed by atoms with E-state index >= 15 is 0 Å². The van der Waals surface area contributed by atoms with Crippen molar-refractivity contribution in [1.29, 1.82) is 0 Å². The minimum Gasteiger partial charge on any atom is -0.302 e. The van der Waals surface area contributed by atoms with Crippen molar-refractivity contribution in [2.45, 2.75) is 39.5 Å². The number of nitrogens with one attached hydrogen (secondary N) is 1. The van der Waals surface area contributed by atoms with Crippen LogP contribution < -0.4 is 0 Å². The van der Waals surface area contributed by atoms with Gasteiger partial charge in [0.05, 0.1) is 6.20 Å². The molecule has 2 aromatic rings. The maximum atomic E-state index is 14.2. The summed E-state index contributed by atoms with van der Waals surface area (Å²) in [6.07, 6.45) is 3.74. The average molecular weight is 333 g/mol. The zero-order chi connectivity index (χ0) is 17.3. The zero-order valence-corrected chi connectivity index (χ0v) is 14.6. The lowest BCUT2D eigenvalue weighted by Gasteiger charge is -2.36. The Bertz CT molecular complexity index is 703. The summed E-state index contributed by atoms with van der Waals surface area (Å²) >= 11 is 0. The molecule has 3 nitrogen and oxygen atoms in total. The molecule has 1 aliphatic heterocycles. The molecule has 5 heteroatoms. The molecule has 1 atom stereocenters. The van der Waals surface area contributed by atoms with Gasteiger partial charge in [0.2, 0.25) is 0 Å². The number of piperidine rings is 1. The van der Waals surface area contributed by atoms with Crippen LogP contribution in [0.25, 0.3) is 11.1 Å². The number of likely N-dealkylation sites (tertiary alicyclic amines) is 1. The van der Waals surface area contributed by atoms with Gasteiger partial charge in [-0.25, -0.2) is 8.78 Å². The van der Waals surface area contributed by atoms with E-state index in [1.54, 1.807) is 6.20 Å². The molecule has 0 unspecified atom stereocenters. The van der Waals surface area contributed by atoms with Crippen LogP contribution >= 0.6 is 0 Å². The van der Waals surface area contributed by atoms with Crippen LogP contribution in [-0.4, -0.2) is 34.7 Å². The van der Waals surface area contributed by atoms with Crippen LogP contribution in [0.5, 0.6) is 0 Å². The molecular weight excluding hydrogens is 308 g/mol. The van der Waals surface area contributed by atoms with Crippen molar-refractivity contribution in [2.24, 2.45) is 5.41 Å². The van der Waals surface area contributed by atoms with Gasteiger partial charge in [0, 0.05) is 35.8 Å². The second kappa shape index (κ2) is 6.63. The lowest BCUT2D eigenvalue weighted by Crippen LogP contribution is -2.39. The Morgan fingerprint density at radius 2 is 2.04 bits per heavy atom. The van der Waals surface area contributed by atoms with Gasteiger partial charge in [-0.3, -0.25) is 5.10 Å². The van der Waals surface area contributed by atoms with E-state index in [4.69, 9.17) is 0 Å². The van der Waals surface area contributed by atoms with Crippen LogP contribution in [0.1, 0.15) is 45.2 Å². The Morgan fingerprint density at radius 3 is 2.79 bits per heavy atom. The fourth-order valence-electron chi connectivity index (χ4n) is 3.63. The van der Waals surface area contributed by atoms with Gasteiger partial charge in [0.25, 0.3) is 0 Å². The Balaban J connectivity index is 1.86. The predicted octanol–water partition coefficient (Wildman–Crippen LogP) is 4.58. The van der Waals surface area contributed by atoms with E-state index in [0.717, 1.165) is 44.2 Å². The SMILES string of the molecule is CC(C)(C)CN1CCC[C@H](c2[nH]ncc2-c2cc(F)ccc2F)C1. The van der Waals surface area contributed by atoms with Gasteiger partial charge in [-0.05, 0) is 43.0 Å². The maximum absolute atomic E-state index is 14.2. The quantitative estimate of drug-likeness (QED) is 0.891. The first-order valence-corrected chi connectivity index (χ1v) is 8.54. The Labute approximate surface area is 142 Å². The van der Waals surface area contributed by atoms with Gasteiger partial charge < -0.3 is 4.90 Å². The molecule has 1 N–H and O–H groups in total. The van der Waals surface area contributed by atoms with E-state index in [-0.39, 0.29) is 16.9 Å². The van der Waals surface area contributed by atoms with E-state index in [1.807, 2.05) is 0 Å². The Morgan fingerprint density at radius 1 is 1.25 bits per heavy atom. The first kappa shape index (κ1) is 17.1. The van der Waals surface area contributed by atoms with Crippen LogP contribution in [0.3, 0.4) is 0 Å². The monoisotopic (exact) mass is 333 g/mol. The Hall–Kier alpha value is -1.75. The number of hydrogen-bond donors (Lipinski definition) is 1. The lowest BCUT2D eigenvalue weighted by atomic mass is 9.88. The van der Waals surface area contributed by atoms with Gasteiger partial charge in [0.1, 0.15) is 11.6 Å². The molecule has 1 saturated heterocycles. The second-order valence-corrected chi connectivity index (χ2v) is 7.96. The third kappa shape index (κ3) is 3.83. The third-order valence-electron chi connectivity index (χ3n) is 4.50. The number of nitrogens with zero attached hydrogens (tertiary/aromatic N) is 2. The highest BCUT2D eigenvalue weighted by Gasteiger charge is 2.28. The average Bonchev–Trinajstić information content (AvgIpc) is 2.97. The predicted molar refractivity (Wildman–Crippen MR) is 91.8 cm³/mol. The molecular formula is C19H25F2N3. The molecule has 0 amide bonds. The number of H-pyrrole nitrogens is 1. The second-order valence-electron chi connectivity index (χ2n) is 7.96. The molecule has 24 heavy (non-hydrogen) atoms. The van der Waals surface area contributed by atoms with E-state index < -0.39 is 11.6 Å². The molecule has 0 aliphatic carbocycles. The number of halogens is 2. The summed E-state index contributed by atoms with van der Waals surface area (Å²) in [6.45, 7) is 9.75. The van der Waals surface area contributed by atoms with Gasteiger partial charge in [-0.2, -0.15) is 5.10 Å². The van der Waals surface area contributed by atoms with Crippen molar-refractivity contribution in [2.75, 3.05) is 19.6 Å². The summed E-state index contributed by atoms with van der Waals surface area (Å²) in [7, 11) is 0. The summed E-state index contributed by atoms with van der Waals surface area (Å²) in [5.74, 6) is -0.584. The Kier molecular flexibility index (Phi) is 4.72. The number of benzene rings is 1. The van der Waals surface area contributed by atoms with Gasteiger partial charge >= 0.3 is 0 Å². The minimum atomic E-state index is -0.434. The van der Waals surface area contributed by atoms with Crippen molar-refractivity contribution in [1.82, 2.24) is 15.1 Å². The van der Waals surface area contributed by atoms with Gasteiger partial charge in [-0.15, -0.1) is 0 Å². The topological polar surface area (TPSA) is 31.9 Å². The van der Waals surface area contributed by atoms with E-state index in [1.165, 1.54) is 12.1 Å². The summed E-state index contributed by atoms with van der Waals surface area (Å²) in [5, 5.41) is 7.15. The number of hydrogen-bond acceptors (Lipinski definition) is 2. The van der Waals surface area contributed by atoms with Crippen molar-refractivity contribution >= 4 is 0 Å².